The van der Waals surface area contributed by atoms with Gasteiger partial charge in [0.2, 0.25) is 0 Å². The Balaban J connectivity index is 2.28. The molecule has 1 fully saturated rings. The van der Waals surface area contributed by atoms with Gasteiger partial charge in [-0.2, -0.15) is 0 Å². The molecule has 0 aliphatic carbocycles. The number of amides is 1. The van der Waals surface area contributed by atoms with E-state index < -0.39 is 12.0 Å². The van der Waals surface area contributed by atoms with Gasteiger partial charge >= 0.3 is 5.97 Å². The van der Waals surface area contributed by atoms with Crippen molar-refractivity contribution in [2.45, 2.75) is 31.7 Å². The van der Waals surface area contributed by atoms with E-state index in [2.05, 4.69) is 0 Å². The van der Waals surface area contributed by atoms with Crippen LogP contribution in [0.4, 0.5) is 0 Å². The fourth-order valence-corrected chi connectivity index (χ4v) is 2.59. The van der Waals surface area contributed by atoms with E-state index in [1.54, 1.807) is 0 Å². The highest BCUT2D eigenvalue weighted by molar-refractivity contribution is 6.32. The van der Waals surface area contributed by atoms with Crippen LogP contribution < -0.4 is 0 Å². The van der Waals surface area contributed by atoms with Gasteiger partial charge in [-0.25, -0.2) is 4.79 Å². The average Bonchev–Trinajstić information content (AvgIpc) is 2.66. The maximum atomic E-state index is 12.5. The number of benzene rings is 1. The highest BCUT2D eigenvalue weighted by Gasteiger charge is 2.31. The first kappa shape index (κ1) is 14.7. The number of hydrogen-bond donors (Lipinski definition) is 2. The van der Waals surface area contributed by atoms with E-state index in [1.807, 2.05) is 0 Å². The average molecular weight is 298 g/mol. The summed E-state index contributed by atoms with van der Waals surface area (Å²) in [5, 5.41) is 18.7. The van der Waals surface area contributed by atoms with E-state index in [0.717, 1.165) is 19.3 Å². The Morgan fingerprint density at radius 3 is 2.65 bits per heavy atom. The summed E-state index contributed by atoms with van der Waals surface area (Å²) in [6.07, 6.45) is 2.98. The predicted molar refractivity (Wildman–Crippen MR) is 74.0 cm³/mol. The molecule has 1 aliphatic heterocycles. The fraction of sp³-hybridized carbons (Fsp3) is 0.429. The van der Waals surface area contributed by atoms with Gasteiger partial charge < -0.3 is 15.1 Å². The predicted octanol–water partition coefficient (Wildman–Crippen LogP) is 2.52. The topological polar surface area (TPSA) is 77.8 Å². The number of hydrogen-bond acceptors (Lipinski definition) is 3. The Labute approximate surface area is 121 Å². The third-order valence-corrected chi connectivity index (χ3v) is 3.80. The monoisotopic (exact) mass is 297 g/mol. The van der Waals surface area contributed by atoms with Crippen molar-refractivity contribution in [2.75, 3.05) is 6.54 Å². The van der Waals surface area contributed by atoms with E-state index >= 15 is 0 Å². The molecular formula is C14H16ClNO4. The molecule has 0 spiro atoms. The summed E-state index contributed by atoms with van der Waals surface area (Å²) in [5.41, 5.74) is 0.293. The molecule has 0 radical (unpaired) electrons. The Morgan fingerprint density at radius 2 is 2.00 bits per heavy atom. The van der Waals surface area contributed by atoms with E-state index in [9.17, 15) is 19.8 Å². The van der Waals surface area contributed by atoms with Crippen LogP contribution in [-0.2, 0) is 4.79 Å². The minimum absolute atomic E-state index is 0.0811. The second kappa shape index (κ2) is 6.13. The van der Waals surface area contributed by atoms with E-state index in [-0.39, 0.29) is 16.7 Å². The summed E-state index contributed by atoms with van der Waals surface area (Å²) in [5.74, 6) is -1.44. The first-order valence-corrected chi connectivity index (χ1v) is 6.91. The lowest BCUT2D eigenvalue weighted by Crippen LogP contribution is -2.44. The van der Waals surface area contributed by atoms with Crippen molar-refractivity contribution in [3.8, 4) is 5.75 Å². The van der Waals surface area contributed by atoms with E-state index in [1.165, 1.54) is 23.1 Å². The third kappa shape index (κ3) is 3.04. The lowest BCUT2D eigenvalue weighted by molar-refractivity contribution is -0.142. The number of likely N-dealkylation sites (tertiary alicyclic amines) is 1. The number of phenols is 1. The number of phenolic OH excluding ortho intramolecular Hbond substituents is 1. The number of rotatable bonds is 2. The number of aliphatic carboxylic acids is 1. The largest absolute Gasteiger partial charge is 0.506 e. The molecule has 0 aromatic heterocycles. The van der Waals surface area contributed by atoms with Gasteiger partial charge in [0.25, 0.3) is 5.91 Å². The molecule has 20 heavy (non-hydrogen) atoms. The van der Waals surface area contributed by atoms with E-state index in [4.69, 9.17) is 11.6 Å². The number of carbonyl (C=O) groups excluding carboxylic acids is 1. The van der Waals surface area contributed by atoms with Crippen LogP contribution in [-0.4, -0.2) is 39.6 Å². The molecule has 0 bridgehead atoms. The van der Waals surface area contributed by atoms with Crippen molar-refractivity contribution in [1.82, 2.24) is 4.90 Å². The van der Waals surface area contributed by atoms with Crippen molar-refractivity contribution in [2.24, 2.45) is 0 Å². The Bertz CT molecular complexity index is 532. The fourth-order valence-electron chi connectivity index (χ4n) is 2.41. The SMILES string of the molecule is O=C(O)C1CCCCCN1C(=O)c1ccc(O)c(Cl)c1. The number of carboxylic acid groups (broad SMARTS) is 1. The van der Waals surface area contributed by atoms with Crippen molar-refractivity contribution in [3.05, 3.63) is 28.8 Å². The molecule has 1 amide bonds. The zero-order chi connectivity index (χ0) is 14.7. The Hall–Kier alpha value is -1.75. The lowest BCUT2D eigenvalue weighted by Gasteiger charge is -2.27. The minimum Gasteiger partial charge on any atom is -0.506 e. The van der Waals surface area contributed by atoms with Crippen LogP contribution in [0.25, 0.3) is 0 Å². The number of carboxylic acids is 1. The van der Waals surface area contributed by atoms with Crippen LogP contribution >= 0.6 is 11.6 Å². The molecule has 5 nitrogen and oxygen atoms in total. The minimum atomic E-state index is -0.981. The first-order valence-electron chi connectivity index (χ1n) is 6.53. The van der Waals surface area contributed by atoms with Gasteiger partial charge in [-0.05, 0) is 31.0 Å². The van der Waals surface area contributed by atoms with Crippen LogP contribution in [0.5, 0.6) is 5.75 Å². The van der Waals surface area contributed by atoms with Crippen molar-refractivity contribution >= 4 is 23.5 Å². The summed E-state index contributed by atoms with van der Waals surface area (Å²) in [4.78, 5) is 25.2. The maximum absolute atomic E-state index is 12.5. The molecule has 6 heteroatoms. The third-order valence-electron chi connectivity index (χ3n) is 3.49. The smallest absolute Gasteiger partial charge is 0.326 e. The van der Waals surface area contributed by atoms with Gasteiger partial charge in [0.05, 0.1) is 5.02 Å². The number of aromatic hydroxyl groups is 1. The molecule has 1 unspecified atom stereocenters. The van der Waals surface area contributed by atoms with Gasteiger partial charge in [-0.1, -0.05) is 24.4 Å². The number of carbonyl (C=O) groups is 2. The van der Waals surface area contributed by atoms with Gasteiger partial charge in [0.15, 0.2) is 0 Å². The molecule has 0 saturated carbocycles. The molecule has 2 N–H and O–H groups in total. The normalized spacial score (nSPS) is 19.4. The molecule has 1 atom stereocenters. The van der Waals surface area contributed by atoms with Gasteiger partial charge in [-0.3, -0.25) is 4.79 Å². The summed E-state index contributed by atoms with van der Waals surface area (Å²) < 4.78 is 0. The molecule has 1 saturated heterocycles. The molecular weight excluding hydrogens is 282 g/mol. The van der Waals surface area contributed by atoms with Crippen LogP contribution in [0.3, 0.4) is 0 Å². The molecule has 2 rings (SSSR count). The van der Waals surface area contributed by atoms with Gasteiger partial charge in [0.1, 0.15) is 11.8 Å². The zero-order valence-electron chi connectivity index (χ0n) is 10.9. The summed E-state index contributed by atoms with van der Waals surface area (Å²) >= 11 is 5.79. The standard InChI is InChI=1S/C14H16ClNO4/c15-10-8-9(5-6-12(10)17)13(18)16-7-3-1-2-4-11(16)14(19)20/h5-6,8,11,17H,1-4,7H2,(H,19,20). The summed E-state index contributed by atoms with van der Waals surface area (Å²) in [7, 11) is 0. The van der Waals surface area contributed by atoms with Crippen molar-refractivity contribution in [1.29, 1.82) is 0 Å². The summed E-state index contributed by atoms with van der Waals surface area (Å²) in [6.45, 7) is 0.425. The first-order chi connectivity index (χ1) is 9.50. The van der Waals surface area contributed by atoms with Crippen molar-refractivity contribution < 1.29 is 19.8 Å². The molecule has 1 aliphatic rings. The second-order valence-corrected chi connectivity index (χ2v) is 5.28. The molecule has 1 aromatic rings. The van der Waals surface area contributed by atoms with Gasteiger partial charge in [-0.15, -0.1) is 0 Å². The van der Waals surface area contributed by atoms with Crippen LogP contribution in [0.1, 0.15) is 36.0 Å². The highest BCUT2D eigenvalue weighted by atomic mass is 35.5. The quantitative estimate of drug-likeness (QED) is 0.879. The van der Waals surface area contributed by atoms with Crippen molar-refractivity contribution in [3.63, 3.8) is 0 Å². The lowest BCUT2D eigenvalue weighted by atomic mass is 10.1. The molecule has 1 aromatic carbocycles. The maximum Gasteiger partial charge on any atom is 0.326 e. The van der Waals surface area contributed by atoms with Gasteiger partial charge in [0, 0.05) is 12.1 Å². The van der Waals surface area contributed by atoms with Crippen LogP contribution in [0.2, 0.25) is 5.02 Å². The second-order valence-electron chi connectivity index (χ2n) is 4.87. The van der Waals surface area contributed by atoms with Crippen LogP contribution in [0.15, 0.2) is 18.2 Å². The Kier molecular flexibility index (Phi) is 4.49. The Morgan fingerprint density at radius 1 is 1.25 bits per heavy atom. The number of nitrogens with zero attached hydrogens (tertiary/aromatic N) is 1. The highest BCUT2D eigenvalue weighted by Crippen LogP contribution is 2.26. The number of halogens is 1. The van der Waals surface area contributed by atoms with Crippen LogP contribution in [0, 0.1) is 0 Å². The summed E-state index contributed by atoms with van der Waals surface area (Å²) in [6, 6.07) is 3.36. The molecule has 108 valence electrons. The van der Waals surface area contributed by atoms with E-state index in [0.29, 0.717) is 18.5 Å². The zero-order valence-corrected chi connectivity index (χ0v) is 11.6. The molecule has 1 heterocycles.